The fourth-order valence-electron chi connectivity index (χ4n) is 4.54. The van der Waals surface area contributed by atoms with Gasteiger partial charge in [-0.1, -0.05) is 66.2 Å². The predicted molar refractivity (Wildman–Crippen MR) is 152 cm³/mol. The molecule has 3 aromatic rings. The molecule has 36 heavy (non-hydrogen) atoms. The number of carbonyl (C=O) groups is 1. The van der Waals surface area contributed by atoms with E-state index in [0.717, 1.165) is 52.2 Å². The van der Waals surface area contributed by atoms with Gasteiger partial charge in [-0.25, -0.2) is 5.01 Å². The van der Waals surface area contributed by atoms with Gasteiger partial charge < -0.3 is 4.90 Å². The van der Waals surface area contributed by atoms with Crippen molar-refractivity contribution in [2.45, 2.75) is 26.3 Å². The number of anilines is 1. The summed E-state index contributed by atoms with van der Waals surface area (Å²) in [6.07, 6.45) is 2.73. The second-order valence-corrected chi connectivity index (χ2v) is 10.0. The second-order valence-electron chi connectivity index (χ2n) is 8.60. The Kier molecular flexibility index (Phi) is 7.25. The second kappa shape index (κ2) is 10.7. The quantitative estimate of drug-likeness (QED) is 0.339. The number of amidine groups is 1. The van der Waals surface area contributed by atoms with Gasteiger partial charge in [0.05, 0.1) is 16.7 Å². The number of carbonyl (C=O) groups excluding carboxylic acids is 1. The lowest BCUT2D eigenvalue weighted by Gasteiger charge is -2.24. The SMILES string of the molecule is CCN(CC)c1ccc(/C=C2\SC(=O)N=C2N2N=C(c3ccccc3)CC2c2ccc(Cl)cc2)cc1. The Morgan fingerprint density at radius 3 is 2.36 bits per heavy atom. The van der Waals surface area contributed by atoms with Gasteiger partial charge in [-0.2, -0.15) is 10.1 Å². The van der Waals surface area contributed by atoms with Crippen molar-refractivity contribution in [2.24, 2.45) is 10.1 Å². The van der Waals surface area contributed by atoms with E-state index in [4.69, 9.17) is 16.7 Å². The van der Waals surface area contributed by atoms with Crippen LogP contribution < -0.4 is 4.90 Å². The standard InChI is InChI=1S/C29H27ClN4OS/c1-3-33(4-2)24-16-10-20(11-17-24)18-27-28(31-29(35)36-27)34-26(22-12-14-23(30)15-13-22)19-25(32-34)21-8-6-5-7-9-21/h5-18,26H,3-4,19H2,1-2H3/b27-18-. The monoisotopic (exact) mass is 514 g/mol. The van der Waals surface area contributed by atoms with Crippen LogP contribution in [0.1, 0.15) is 43.0 Å². The number of hydrogen-bond acceptors (Lipinski definition) is 5. The topological polar surface area (TPSA) is 48.3 Å². The van der Waals surface area contributed by atoms with Crippen LogP contribution in [0.15, 0.2) is 93.9 Å². The number of amides is 1. The summed E-state index contributed by atoms with van der Waals surface area (Å²) in [7, 11) is 0. The van der Waals surface area contributed by atoms with Crippen molar-refractivity contribution in [2.75, 3.05) is 18.0 Å². The molecule has 0 radical (unpaired) electrons. The van der Waals surface area contributed by atoms with Crippen molar-refractivity contribution >= 4 is 51.9 Å². The lowest BCUT2D eigenvalue weighted by molar-refractivity contribution is 0.267. The number of nitrogens with zero attached hydrogens (tertiary/aromatic N) is 4. The van der Waals surface area contributed by atoms with Gasteiger partial charge in [0, 0.05) is 30.2 Å². The first-order chi connectivity index (χ1) is 17.6. The highest BCUT2D eigenvalue weighted by molar-refractivity contribution is 8.18. The molecule has 182 valence electrons. The fourth-order valence-corrected chi connectivity index (χ4v) is 5.41. The van der Waals surface area contributed by atoms with Gasteiger partial charge in [-0.05, 0) is 72.6 Å². The maximum atomic E-state index is 12.5. The highest BCUT2D eigenvalue weighted by atomic mass is 35.5. The van der Waals surface area contributed by atoms with E-state index in [9.17, 15) is 4.79 Å². The Hall–Kier alpha value is -3.35. The van der Waals surface area contributed by atoms with E-state index in [1.165, 1.54) is 5.69 Å². The van der Waals surface area contributed by atoms with Crippen molar-refractivity contribution in [3.05, 3.63) is 105 Å². The third-order valence-corrected chi connectivity index (χ3v) is 7.46. The van der Waals surface area contributed by atoms with Crippen molar-refractivity contribution in [3.8, 4) is 0 Å². The molecule has 0 fully saturated rings. The summed E-state index contributed by atoms with van der Waals surface area (Å²) >= 11 is 7.31. The van der Waals surface area contributed by atoms with Gasteiger partial charge in [-0.15, -0.1) is 0 Å². The van der Waals surface area contributed by atoms with Crippen LogP contribution in [0.4, 0.5) is 10.5 Å². The number of aliphatic imine (C=N–C) groups is 1. The van der Waals surface area contributed by atoms with Gasteiger partial charge in [0.2, 0.25) is 0 Å². The summed E-state index contributed by atoms with van der Waals surface area (Å²) in [5.41, 5.74) is 5.31. The Bertz CT molecular complexity index is 1330. The largest absolute Gasteiger partial charge is 0.372 e. The summed E-state index contributed by atoms with van der Waals surface area (Å²) in [5, 5.41) is 7.34. The van der Waals surface area contributed by atoms with E-state index in [2.05, 4.69) is 60.1 Å². The molecule has 0 N–H and O–H groups in total. The molecule has 3 aromatic carbocycles. The van der Waals surface area contributed by atoms with Crippen LogP contribution in [0.3, 0.4) is 0 Å². The molecule has 0 aliphatic carbocycles. The molecule has 1 unspecified atom stereocenters. The van der Waals surface area contributed by atoms with Crippen LogP contribution in [0.2, 0.25) is 5.02 Å². The fraction of sp³-hybridized carbons (Fsp3) is 0.207. The highest BCUT2D eigenvalue weighted by Gasteiger charge is 2.36. The minimum atomic E-state index is -0.228. The molecule has 0 aromatic heterocycles. The van der Waals surface area contributed by atoms with Crippen LogP contribution in [0.5, 0.6) is 0 Å². The lowest BCUT2D eigenvalue weighted by atomic mass is 9.98. The lowest BCUT2D eigenvalue weighted by Crippen LogP contribution is -2.26. The van der Waals surface area contributed by atoms with Crippen LogP contribution in [-0.2, 0) is 0 Å². The maximum absolute atomic E-state index is 12.5. The van der Waals surface area contributed by atoms with Crippen LogP contribution in [0.25, 0.3) is 6.08 Å². The van der Waals surface area contributed by atoms with Crippen molar-refractivity contribution in [1.29, 1.82) is 0 Å². The first-order valence-corrected chi connectivity index (χ1v) is 13.3. The molecule has 1 atom stereocenters. The van der Waals surface area contributed by atoms with Crippen molar-refractivity contribution < 1.29 is 4.79 Å². The van der Waals surface area contributed by atoms with Gasteiger partial charge in [0.1, 0.15) is 0 Å². The minimum absolute atomic E-state index is 0.0869. The predicted octanol–water partition coefficient (Wildman–Crippen LogP) is 7.64. The number of hydrogen-bond donors (Lipinski definition) is 0. The molecule has 2 heterocycles. The minimum Gasteiger partial charge on any atom is -0.372 e. The van der Waals surface area contributed by atoms with E-state index in [0.29, 0.717) is 17.3 Å². The van der Waals surface area contributed by atoms with E-state index in [-0.39, 0.29) is 11.3 Å². The van der Waals surface area contributed by atoms with E-state index in [1.54, 1.807) is 0 Å². The average Bonchev–Trinajstić information content (AvgIpc) is 3.50. The Labute approximate surface area is 221 Å². The van der Waals surface area contributed by atoms with Gasteiger partial charge >= 0.3 is 5.24 Å². The first kappa shape index (κ1) is 24.3. The molecule has 7 heteroatoms. The summed E-state index contributed by atoms with van der Waals surface area (Å²) in [6.45, 7) is 6.22. The average molecular weight is 515 g/mol. The molecule has 5 nitrogen and oxygen atoms in total. The highest BCUT2D eigenvalue weighted by Crippen LogP contribution is 2.39. The summed E-state index contributed by atoms with van der Waals surface area (Å²) in [6, 6.07) is 26.3. The molecular formula is C29H27ClN4OS. The molecule has 0 spiro atoms. The van der Waals surface area contributed by atoms with Crippen molar-refractivity contribution in [1.82, 2.24) is 5.01 Å². The Balaban J connectivity index is 1.50. The third-order valence-electron chi connectivity index (χ3n) is 6.42. The van der Waals surface area contributed by atoms with Gasteiger partial charge in [0.15, 0.2) is 5.84 Å². The van der Waals surface area contributed by atoms with E-state index in [1.807, 2.05) is 53.5 Å². The third kappa shape index (κ3) is 5.11. The smallest absolute Gasteiger partial charge is 0.311 e. The summed E-state index contributed by atoms with van der Waals surface area (Å²) in [4.78, 5) is 20.0. The molecule has 0 saturated carbocycles. The number of halogens is 1. The number of benzene rings is 3. The van der Waals surface area contributed by atoms with Crippen LogP contribution >= 0.6 is 23.4 Å². The molecular weight excluding hydrogens is 488 g/mol. The van der Waals surface area contributed by atoms with Crippen LogP contribution in [-0.4, -0.2) is 34.9 Å². The first-order valence-electron chi connectivity index (χ1n) is 12.1. The number of hydrazone groups is 1. The van der Waals surface area contributed by atoms with Gasteiger partial charge in [0.25, 0.3) is 0 Å². The number of thioether (sulfide) groups is 1. The maximum Gasteiger partial charge on any atom is 0.311 e. The number of rotatable bonds is 6. The normalized spacial score (nSPS) is 18.5. The van der Waals surface area contributed by atoms with Crippen LogP contribution in [0, 0.1) is 0 Å². The van der Waals surface area contributed by atoms with Crippen molar-refractivity contribution in [3.63, 3.8) is 0 Å². The molecule has 5 rings (SSSR count). The Morgan fingerprint density at radius 2 is 1.69 bits per heavy atom. The molecule has 0 saturated heterocycles. The zero-order valence-corrected chi connectivity index (χ0v) is 21.8. The Morgan fingerprint density at radius 1 is 1.00 bits per heavy atom. The molecule has 0 bridgehead atoms. The van der Waals surface area contributed by atoms with Gasteiger partial charge in [-0.3, -0.25) is 4.79 Å². The molecule has 2 aliphatic heterocycles. The molecule has 2 aliphatic rings. The molecule has 1 amide bonds. The van der Waals surface area contributed by atoms with E-state index >= 15 is 0 Å². The summed E-state index contributed by atoms with van der Waals surface area (Å²) in [5.74, 6) is 0.587. The zero-order chi connectivity index (χ0) is 25.1. The summed E-state index contributed by atoms with van der Waals surface area (Å²) < 4.78 is 0. The zero-order valence-electron chi connectivity index (χ0n) is 20.3. The van der Waals surface area contributed by atoms with E-state index < -0.39 is 0 Å².